The molecule has 1 saturated heterocycles. The van der Waals surface area contributed by atoms with Crippen molar-refractivity contribution in [2.45, 2.75) is 39.1 Å². The molecule has 0 bridgehead atoms. The topological polar surface area (TPSA) is 45.6 Å². The van der Waals surface area contributed by atoms with Crippen LogP contribution in [0.2, 0.25) is 0 Å². The highest BCUT2D eigenvalue weighted by atomic mass is 16.5. The Morgan fingerprint density at radius 1 is 1.35 bits per heavy atom. The van der Waals surface area contributed by atoms with Gasteiger partial charge in [0.2, 0.25) is 0 Å². The van der Waals surface area contributed by atoms with Crippen LogP contribution in [0.5, 0.6) is 0 Å². The summed E-state index contributed by atoms with van der Waals surface area (Å²) in [4.78, 5) is 6.63. The van der Waals surface area contributed by atoms with Gasteiger partial charge in [0.05, 0.1) is 18.3 Å². The van der Waals surface area contributed by atoms with Gasteiger partial charge in [0.25, 0.3) is 0 Å². The highest BCUT2D eigenvalue weighted by molar-refractivity contribution is 5.40. The summed E-state index contributed by atoms with van der Waals surface area (Å²) in [6.45, 7) is 7.63. The number of hydrogen-bond acceptors (Lipinski definition) is 4. The Hall–Kier alpha value is -1.13. The Bertz CT molecular complexity index is 354. The van der Waals surface area contributed by atoms with E-state index in [-0.39, 0.29) is 12.2 Å². The van der Waals surface area contributed by atoms with Crippen molar-refractivity contribution in [3.05, 3.63) is 23.9 Å². The second-order valence-corrected chi connectivity index (χ2v) is 4.79. The van der Waals surface area contributed by atoms with Crippen LogP contribution in [-0.2, 0) is 4.74 Å². The monoisotopic (exact) mass is 236 g/mol. The van der Waals surface area contributed by atoms with Crippen LogP contribution in [0.3, 0.4) is 0 Å². The van der Waals surface area contributed by atoms with Crippen LogP contribution in [0.4, 0.5) is 5.82 Å². The average Bonchev–Trinajstić information content (AvgIpc) is 2.28. The lowest BCUT2D eigenvalue weighted by Crippen LogP contribution is -2.45. The van der Waals surface area contributed by atoms with E-state index in [9.17, 15) is 5.11 Å². The molecule has 3 unspecified atom stereocenters. The summed E-state index contributed by atoms with van der Waals surface area (Å²) in [5.74, 6) is 0.955. The van der Waals surface area contributed by atoms with E-state index >= 15 is 0 Å². The third-order valence-electron chi connectivity index (χ3n) is 3.00. The number of morpholine rings is 1. The van der Waals surface area contributed by atoms with Gasteiger partial charge >= 0.3 is 0 Å². The van der Waals surface area contributed by atoms with Gasteiger partial charge in [0, 0.05) is 19.3 Å². The first-order valence-corrected chi connectivity index (χ1v) is 6.10. The summed E-state index contributed by atoms with van der Waals surface area (Å²) in [6.07, 6.45) is 1.75. The largest absolute Gasteiger partial charge is 0.389 e. The summed E-state index contributed by atoms with van der Waals surface area (Å²) < 4.78 is 5.69. The van der Waals surface area contributed by atoms with Crippen molar-refractivity contribution in [2.24, 2.45) is 0 Å². The van der Waals surface area contributed by atoms with Crippen LogP contribution in [0.1, 0.15) is 32.4 Å². The molecule has 94 valence electrons. The quantitative estimate of drug-likeness (QED) is 0.849. The van der Waals surface area contributed by atoms with E-state index in [2.05, 4.69) is 23.7 Å². The van der Waals surface area contributed by atoms with E-state index in [1.807, 2.05) is 12.1 Å². The van der Waals surface area contributed by atoms with Gasteiger partial charge in [-0.25, -0.2) is 4.98 Å². The fourth-order valence-corrected chi connectivity index (χ4v) is 2.20. The van der Waals surface area contributed by atoms with Gasteiger partial charge in [-0.3, -0.25) is 0 Å². The van der Waals surface area contributed by atoms with E-state index in [1.54, 1.807) is 13.1 Å². The number of nitrogens with zero attached hydrogens (tertiary/aromatic N) is 2. The maximum atomic E-state index is 9.44. The summed E-state index contributed by atoms with van der Waals surface area (Å²) in [5.41, 5.74) is 0.850. The van der Waals surface area contributed by atoms with Gasteiger partial charge in [-0.1, -0.05) is 6.07 Å². The lowest BCUT2D eigenvalue weighted by atomic mass is 10.2. The predicted octanol–water partition coefficient (Wildman–Crippen LogP) is 1.75. The lowest BCUT2D eigenvalue weighted by molar-refractivity contribution is -0.00546. The van der Waals surface area contributed by atoms with E-state index in [0.29, 0.717) is 0 Å². The Labute approximate surface area is 102 Å². The minimum absolute atomic E-state index is 0.233. The Morgan fingerprint density at radius 2 is 2.00 bits per heavy atom. The molecule has 1 aliphatic heterocycles. The van der Waals surface area contributed by atoms with Gasteiger partial charge in [0.15, 0.2) is 0 Å². The van der Waals surface area contributed by atoms with Gasteiger partial charge < -0.3 is 14.7 Å². The highest BCUT2D eigenvalue weighted by Gasteiger charge is 2.22. The molecule has 0 radical (unpaired) electrons. The molecule has 0 saturated carbocycles. The van der Waals surface area contributed by atoms with Gasteiger partial charge in [-0.2, -0.15) is 0 Å². The van der Waals surface area contributed by atoms with Crippen molar-refractivity contribution in [1.29, 1.82) is 0 Å². The third-order valence-corrected chi connectivity index (χ3v) is 3.00. The van der Waals surface area contributed by atoms with E-state index in [4.69, 9.17) is 4.74 Å². The Balaban J connectivity index is 2.11. The third kappa shape index (κ3) is 2.96. The first-order chi connectivity index (χ1) is 8.06. The van der Waals surface area contributed by atoms with E-state index in [1.165, 1.54) is 0 Å². The standard InChI is InChI=1S/C13H20N2O2/c1-9-7-15(8-10(2)17-9)13-5-4-12(6-14-13)11(3)16/h4-6,9-11,16H,7-8H2,1-3H3. The molecular formula is C13H20N2O2. The zero-order valence-corrected chi connectivity index (χ0v) is 10.6. The number of pyridine rings is 1. The van der Waals surface area contributed by atoms with E-state index in [0.717, 1.165) is 24.5 Å². The van der Waals surface area contributed by atoms with E-state index < -0.39 is 6.10 Å². The van der Waals surface area contributed by atoms with Crippen molar-refractivity contribution in [3.63, 3.8) is 0 Å². The molecule has 1 fully saturated rings. The number of anilines is 1. The fraction of sp³-hybridized carbons (Fsp3) is 0.615. The van der Waals surface area contributed by atoms with Crippen molar-refractivity contribution in [1.82, 2.24) is 4.98 Å². The summed E-state index contributed by atoms with van der Waals surface area (Å²) in [5, 5.41) is 9.44. The van der Waals surface area contributed by atoms with Crippen LogP contribution in [0.15, 0.2) is 18.3 Å². The smallest absolute Gasteiger partial charge is 0.128 e. The van der Waals surface area contributed by atoms with Crippen LogP contribution >= 0.6 is 0 Å². The van der Waals surface area contributed by atoms with Crippen molar-refractivity contribution < 1.29 is 9.84 Å². The fourth-order valence-electron chi connectivity index (χ4n) is 2.20. The van der Waals surface area contributed by atoms with Crippen LogP contribution in [0, 0.1) is 0 Å². The molecule has 1 aliphatic rings. The maximum absolute atomic E-state index is 9.44. The minimum atomic E-state index is -0.459. The van der Waals surface area contributed by atoms with Gasteiger partial charge in [-0.15, -0.1) is 0 Å². The van der Waals surface area contributed by atoms with Crippen LogP contribution in [-0.4, -0.2) is 35.4 Å². The number of aromatic nitrogens is 1. The summed E-state index contributed by atoms with van der Waals surface area (Å²) >= 11 is 0. The number of rotatable bonds is 2. The molecule has 3 atom stereocenters. The molecule has 1 aromatic heterocycles. The molecule has 17 heavy (non-hydrogen) atoms. The molecule has 4 heteroatoms. The average molecular weight is 236 g/mol. The first-order valence-electron chi connectivity index (χ1n) is 6.10. The molecular weight excluding hydrogens is 216 g/mol. The summed E-state index contributed by atoms with van der Waals surface area (Å²) in [7, 11) is 0. The SMILES string of the molecule is CC1CN(c2ccc(C(C)O)cn2)CC(C)O1. The van der Waals surface area contributed by atoms with Gasteiger partial charge in [-0.05, 0) is 32.4 Å². The molecule has 0 aromatic carbocycles. The normalized spacial score (nSPS) is 26.9. The zero-order valence-electron chi connectivity index (χ0n) is 10.6. The highest BCUT2D eigenvalue weighted by Crippen LogP contribution is 2.20. The number of aliphatic hydroxyl groups is 1. The molecule has 0 spiro atoms. The lowest BCUT2D eigenvalue weighted by Gasteiger charge is -2.36. The number of aliphatic hydroxyl groups excluding tert-OH is 1. The number of ether oxygens (including phenoxy) is 1. The Kier molecular flexibility index (Phi) is 3.64. The van der Waals surface area contributed by atoms with Crippen LogP contribution in [0.25, 0.3) is 0 Å². The molecule has 1 aromatic rings. The molecule has 2 rings (SSSR count). The molecule has 0 amide bonds. The zero-order chi connectivity index (χ0) is 12.4. The van der Waals surface area contributed by atoms with Crippen molar-refractivity contribution in [3.8, 4) is 0 Å². The predicted molar refractivity (Wildman–Crippen MR) is 67.1 cm³/mol. The molecule has 0 aliphatic carbocycles. The van der Waals surface area contributed by atoms with Crippen molar-refractivity contribution in [2.75, 3.05) is 18.0 Å². The van der Waals surface area contributed by atoms with Crippen molar-refractivity contribution >= 4 is 5.82 Å². The van der Waals surface area contributed by atoms with Crippen LogP contribution < -0.4 is 4.90 Å². The Morgan fingerprint density at radius 3 is 2.47 bits per heavy atom. The second kappa shape index (κ2) is 5.02. The molecule has 4 nitrogen and oxygen atoms in total. The minimum Gasteiger partial charge on any atom is -0.389 e. The number of hydrogen-bond donors (Lipinski definition) is 1. The van der Waals surface area contributed by atoms with Gasteiger partial charge in [0.1, 0.15) is 5.82 Å². The molecule has 2 heterocycles. The first kappa shape index (κ1) is 12.3. The maximum Gasteiger partial charge on any atom is 0.128 e. The second-order valence-electron chi connectivity index (χ2n) is 4.79. The molecule has 1 N–H and O–H groups in total. The summed E-state index contributed by atoms with van der Waals surface area (Å²) in [6, 6.07) is 3.89.